The van der Waals surface area contributed by atoms with Gasteiger partial charge in [-0.1, -0.05) is 11.6 Å². The summed E-state index contributed by atoms with van der Waals surface area (Å²) in [7, 11) is 0. The smallest absolute Gasteiger partial charge is 0.257 e. The number of carbonyl (C=O) groups excluding carboxylic acids is 2. The second-order valence-electron chi connectivity index (χ2n) is 9.06. The maximum Gasteiger partial charge on any atom is 0.257 e. The first kappa shape index (κ1) is 24.0. The van der Waals surface area contributed by atoms with Crippen LogP contribution in [0.3, 0.4) is 0 Å². The quantitative estimate of drug-likeness (QED) is 0.550. The number of carbonyl (C=O) groups is 2. The topological polar surface area (TPSA) is 103 Å². The van der Waals surface area contributed by atoms with Gasteiger partial charge in [0.05, 0.1) is 12.6 Å². The van der Waals surface area contributed by atoms with Crippen molar-refractivity contribution in [3.8, 4) is 0 Å². The highest BCUT2D eigenvalue weighted by atomic mass is 16.5. The molecule has 1 fully saturated rings. The van der Waals surface area contributed by atoms with Crippen LogP contribution in [0.1, 0.15) is 77.2 Å². The van der Waals surface area contributed by atoms with Crippen LogP contribution in [0.5, 0.6) is 0 Å². The van der Waals surface area contributed by atoms with E-state index in [0.717, 1.165) is 37.9 Å². The van der Waals surface area contributed by atoms with E-state index in [1.165, 1.54) is 30.8 Å². The van der Waals surface area contributed by atoms with Gasteiger partial charge in [0.1, 0.15) is 22.6 Å². The van der Waals surface area contributed by atoms with Crippen LogP contribution in [-0.2, 0) is 17.8 Å². The standard InChI is InChI=1S/C26H33N3O5/c1-18-9-10-20(34-18)14-28-26(32)23-17-29(15-21-8-5-13-33-21)16-22(24(23)30)25(31)27-12-11-19-6-3-2-4-7-19/h6,9-10,16-17,21H,2-5,7-8,11-15H2,1H3,(H,27,31)(H,28,32). The van der Waals surface area contributed by atoms with Crippen LogP contribution in [0.15, 0.2) is 45.4 Å². The Kier molecular flexibility index (Phi) is 8.00. The Morgan fingerprint density at radius 3 is 2.53 bits per heavy atom. The molecule has 3 heterocycles. The van der Waals surface area contributed by atoms with Crippen molar-refractivity contribution < 1.29 is 18.7 Å². The minimum Gasteiger partial charge on any atom is -0.465 e. The minimum absolute atomic E-state index is 0.00124. The lowest BCUT2D eigenvalue weighted by Gasteiger charge is -2.16. The van der Waals surface area contributed by atoms with Gasteiger partial charge in [-0.2, -0.15) is 0 Å². The predicted molar refractivity (Wildman–Crippen MR) is 128 cm³/mol. The molecule has 0 saturated carbocycles. The van der Waals surface area contributed by atoms with Crippen molar-refractivity contribution >= 4 is 11.8 Å². The van der Waals surface area contributed by atoms with Crippen molar-refractivity contribution in [1.82, 2.24) is 15.2 Å². The van der Waals surface area contributed by atoms with Crippen molar-refractivity contribution in [1.29, 1.82) is 0 Å². The number of ether oxygens (including phenoxy) is 1. The SMILES string of the molecule is Cc1ccc(CNC(=O)c2cn(CC3CCCO3)cc(C(=O)NCCC3=CCCCC3)c2=O)o1. The molecule has 0 aromatic carbocycles. The number of aromatic nitrogens is 1. The lowest BCUT2D eigenvalue weighted by molar-refractivity contribution is 0.0924. The zero-order valence-corrected chi connectivity index (χ0v) is 19.7. The molecule has 2 aliphatic rings. The average molecular weight is 468 g/mol. The van der Waals surface area contributed by atoms with Crippen molar-refractivity contribution in [2.45, 2.75) is 71.1 Å². The van der Waals surface area contributed by atoms with Gasteiger partial charge in [-0.3, -0.25) is 14.4 Å². The minimum atomic E-state index is -0.578. The molecule has 2 N–H and O–H groups in total. The molecule has 0 spiro atoms. The monoisotopic (exact) mass is 467 g/mol. The number of nitrogens with zero attached hydrogens (tertiary/aromatic N) is 1. The summed E-state index contributed by atoms with van der Waals surface area (Å²) in [5, 5.41) is 5.59. The highest BCUT2D eigenvalue weighted by Crippen LogP contribution is 2.19. The van der Waals surface area contributed by atoms with E-state index < -0.39 is 17.2 Å². The molecule has 2 aromatic heterocycles. The number of amides is 2. The van der Waals surface area contributed by atoms with Crippen molar-refractivity contribution in [2.75, 3.05) is 13.2 Å². The Labute approximate surface area is 199 Å². The number of furan rings is 1. The van der Waals surface area contributed by atoms with Gasteiger partial charge in [-0.15, -0.1) is 0 Å². The number of hydrogen-bond donors (Lipinski definition) is 2. The maximum absolute atomic E-state index is 13.1. The number of nitrogens with one attached hydrogen (secondary N) is 2. The molecule has 182 valence electrons. The van der Waals surface area contributed by atoms with Crippen LogP contribution in [0.4, 0.5) is 0 Å². The van der Waals surface area contributed by atoms with Crippen LogP contribution in [0.25, 0.3) is 0 Å². The van der Waals surface area contributed by atoms with Gasteiger partial charge in [0.25, 0.3) is 11.8 Å². The van der Waals surface area contributed by atoms with Crippen LogP contribution in [0, 0.1) is 6.92 Å². The van der Waals surface area contributed by atoms with E-state index in [1.54, 1.807) is 10.6 Å². The summed E-state index contributed by atoms with van der Waals surface area (Å²) in [6, 6.07) is 3.58. The fourth-order valence-corrected chi connectivity index (χ4v) is 4.49. The average Bonchev–Trinajstić information content (AvgIpc) is 3.50. The molecule has 1 aliphatic carbocycles. The molecule has 34 heavy (non-hydrogen) atoms. The number of hydrogen-bond acceptors (Lipinski definition) is 5. The normalized spacial score (nSPS) is 17.9. The van der Waals surface area contributed by atoms with Gasteiger partial charge in [-0.05, 0) is 64.0 Å². The van der Waals surface area contributed by atoms with Gasteiger partial charge < -0.3 is 24.4 Å². The first-order valence-corrected chi connectivity index (χ1v) is 12.1. The second kappa shape index (κ2) is 11.3. The van der Waals surface area contributed by atoms with E-state index in [4.69, 9.17) is 9.15 Å². The Morgan fingerprint density at radius 2 is 1.88 bits per heavy atom. The van der Waals surface area contributed by atoms with E-state index in [1.807, 2.05) is 13.0 Å². The van der Waals surface area contributed by atoms with Crippen LogP contribution in [-0.4, -0.2) is 35.6 Å². The first-order valence-electron chi connectivity index (χ1n) is 12.1. The van der Waals surface area contributed by atoms with E-state index in [0.29, 0.717) is 25.5 Å². The molecule has 1 aliphatic heterocycles. The summed E-state index contributed by atoms with van der Waals surface area (Å²) < 4.78 is 12.9. The number of allylic oxidation sites excluding steroid dienone is 1. The number of rotatable bonds is 9. The molecular weight excluding hydrogens is 434 g/mol. The highest BCUT2D eigenvalue weighted by molar-refractivity contribution is 5.99. The van der Waals surface area contributed by atoms with Gasteiger partial charge in [-0.25, -0.2) is 0 Å². The van der Waals surface area contributed by atoms with Gasteiger partial charge in [0, 0.05) is 32.1 Å². The third-order valence-electron chi connectivity index (χ3n) is 6.34. The molecule has 4 rings (SSSR count). The fraction of sp³-hybridized carbons (Fsp3) is 0.500. The molecule has 0 radical (unpaired) electrons. The van der Waals surface area contributed by atoms with Gasteiger partial charge in [0.15, 0.2) is 0 Å². The Bertz CT molecular complexity index is 1110. The summed E-state index contributed by atoms with van der Waals surface area (Å²) in [6.45, 7) is 3.62. The van der Waals surface area contributed by atoms with E-state index in [9.17, 15) is 14.4 Å². The summed E-state index contributed by atoms with van der Waals surface area (Å²) in [5.41, 5.74) is 0.677. The molecule has 1 atom stereocenters. The molecule has 1 unspecified atom stereocenters. The van der Waals surface area contributed by atoms with Crippen LogP contribution >= 0.6 is 0 Å². The Hall–Kier alpha value is -3.13. The molecule has 2 amide bonds. The van der Waals surface area contributed by atoms with Crippen LogP contribution in [0.2, 0.25) is 0 Å². The Morgan fingerprint density at radius 1 is 1.09 bits per heavy atom. The third kappa shape index (κ3) is 6.26. The van der Waals surface area contributed by atoms with Gasteiger partial charge >= 0.3 is 0 Å². The summed E-state index contributed by atoms with van der Waals surface area (Å²) in [5.74, 6) is 0.336. The summed E-state index contributed by atoms with van der Waals surface area (Å²) in [4.78, 5) is 38.9. The second-order valence-corrected chi connectivity index (χ2v) is 9.06. The fourth-order valence-electron chi connectivity index (χ4n) is 4.49. The molecule has 1 saturated heterocycles. The molecule has 2 aromatic rings. The zero-order valence-electron chi connectivity index (χ0n) is 19.7. The third-order valence-corrected chi connectivity index (χ3v) is 6.34. The predicted octanol–water partition coefficient (Wildman–Crippen LogP) is 3.48. The van der Waals surface area contributed by atoms with E-state index in [2.05, 4.69) is 16.7 Å². The zero-order chi connectivity index (χ0) is 23.9. The molecular formula is C26H33N3O5. The molecule has 0 bridgehead atoms. The lowest BCUT2D eigenvalue weighted by atomic mass is 9.97. The number of aryl methyl sites for hydroxylation is 1. The number of pyridine rings is 1. The summed E-state index contributed by atoms with van der Waals surface area (Å²) >= 11 is 0. The first-order chi connectivity index (χ1) is 16.5. The van der Waals surface area contributed by atoms with E-state index in [-0.39, 0.29) is 23.8 Å². The highest BCUT2D eigenvalue weighted by Gasteiger charge is 2.22. The van der Waals surface area contributed by atoms with Crippen molar-refractivity contribution in [2.24, 2.45) is 0 Å². The van der Waals surface area contributed by atoms with Crippen LogP contribution < -0.4 is 16.1 Å². The molecule has 8 heteroatoms. The van der Waals surface area contributed by atoms with Crippen molar-refractivity contribution in [3.05, 3.63) is 69.0 Å². The summed E-state index contributed by atoms with van der Waals surface area (Å²) in [6.07, 6.45) is 12.5. The maximum atomic E-state index is 13.1. The largest absolute Gasteiger partial charge is 0.465 e. The lowest BCUT2D eigenvalue weighted by Crippen LogP contribution is -2.36. The van der Waals surface area contributed by atoms with Gasteiger partial charge in [0.2, 0.25) is 5.43 Å². The Balaban J connectivity index is 1.49. The molecule has 8 nitrogen and oxygen atoms in total. The van der Waals surface area contributed by atoms with E-state index >= 15 is 0 Å². The van der Waals surface area contributed by atoms with Crippen molar-refractivity contribution in [3.63, 3.8) is 0 Å².